The van der Waals surface area contributed by atoms with Crippen LogP contribution in [0.5, 0.6) is 11.5 Å². The number of rotatable bonds is 3. The van der Waals surface area contributed by atoms with Crippen LogP contribution >= 0.6 is 0 Å². The Morgan fingerprint density at radius 2 is 1.61 bits per heavy atom. The van der Waals surface area contributed by atoms with Crippen molar-refractivity contribution in [1.29, 1.82) is 0 Å². The van der Waals surface area contributed by atoms with Crippen molar-refractivity contribution in [2.75, 3.05) is 32.6 Å². The van der Waals surface area contributed by atoms with Gasteiger partial charge in [0.2, 0.25) is 10.0 Å². The van der Waals surface area contributed by atoms with Crippen LogP contribution < -0.4 is 9.47 Å². The molecule has 0 aromatic heterocycles. The van der Waals surface area contributed by atoms with Gasteiger partial charge in [-0.15, -0.1) is 0 Å². The van der Waals surface area contributed by atoms with E-state index in [1.807, 2.05) is 0 Å². The molecule has 3 rings (SSSR count). The van der Waals surface area contributed by atoms with Crippen molar-refractivity contribution in [1.82, 2.24) is 4.31 Å². The van der Waals surface area contributed by atoms with Crippen molar-refractivity contribution in [2.24, 2.45) is 0 Å². The minimum Gasteiger partial charge on any atom is -0.486 e. The third-order valence-electron chi connectivity index (χ3n) is 4.16. The summed E-state index contributed by atoms with van der Waals surface area (Å²) in [6.07, 6.45) is 1.84. The van der Waals surface area contributed by atoms with Gasteiger partial charge in [-0.25, -0.2) is 16.8 Å². The summed E-state index contributed by atoms with van der Waals surface area (Å²) in [4.78, 5) is 0.138. The summed E-state index contributed by atoms with van der Waals surface area (Å²) < 4.78 is 60.7. The smallest absolute Gasteiger partial charge is 0.243 e. The molecule has 0 aliphatic carbocycles. The average molecular weight is 361 g/mol. The summed E-state index contributed by atoms with van der Waals surface area (Å²) >= 11 is 0. The van der Waals surface area contributed by atoms with Gasteiger partial charge in [0.15, 0.2) is 11.5 Å². The summed E-state index contributed by atoms with van der Waals surface area (Å²) in [5.41, 5.74) is 0. The number of ether oxygens (including phenoxy) is 2. The van der Waals surface area contributed by atoms with E-state index in [-0.39, 0.29) is 18.0 Å². The molecule has 1 saturated heterocycles. The van der Waals surface area contributed by atoms with Crippen LogP contribution in [0, 0.1) is 0 Å². The lowest BCUT2D eigenvalue weighted by molar-refractivity contribution is 0.171. The predicted molar refractivity (Wildman–Crippen MR) is 84.1 cm³/mol. The van der Waals surface area contributed by atoms with Crippen LogP contribution in [0.25, 0.3) is 0 Å². The van der Waals surface area contributed by atoms with Crippen LogP contribution in [0.15, 0.2) is 23.1 Å². The van der Waals surface area contributed by atoms with E-state index >= 15 is 0 Å². The third kappa shape index (κ3) is 3.31. The van der Waals surface area contributed by atoms with E-state index in [9.17, 15) is 16.8 Å². The molecule has 0 N–H and O–H groups in total. The predicted octanol–water partition coefficient (Wildman–Crippen LogP) is 0.656. The first-order chi connectivity index (χ1) is 10.8. The quantitative estimate of drug-likeness (QED) is 0.785. The first-order valence-electron chi connectivity index (χ1n) is 7.37. The Balaban J connectivity index is 1.80. The molecule has 9 heteroatoms. The van der Waals surface area contributed by atoms with Gasteiger partial charge in [0.05, 0.1) is 10.1 Å². The highest BCUT2D eigenvalue weighted by molar-refractivity contribution is 7.91. The molecule has 7 nitrogen and oxygen atoms in total. The SMILES string of the molecule is CS(=O)(=O)C1CCN(S(=O)(=O)c2ccc3c(c2)OCCO3)CC1. The number of benzene rings is 1. The van der Waals surface area contributed by atoms with Crippen molar-refractivity contribution >= 4 is 19.9 Å². The van der Waals surface area contributed by atoms with Gasteiger partial charge in [0.1, 0.15) is 23.1 Å². The molecular weight excluding hydrogens is 342 g/mol. The second-order valence-corrected chi connectivity index (χ2v) is 10.0. The molecule has 0 unspecified atom stereocenters. The average Bonchev–Trinajstić information content (AvgIpc) is 2.53. The maximum Gasteiger partial charge on any atom is 0.243 e. The number of sulfonamides is 1. The number of hydrogen-bond acceptors (Lipinski definition) is 6. The Hall–Kier alpha value is -1.32. The molecule has 0 saturated carbocycles. The minimum absolute atomic E-state index is 0.138. The van der Waals surface area contributed by atoms with Gasteiger partial charge >= 0.3 is 0 Å². The molecule has 1 aromatic rings. The molecule has 0 radical (unpaired) electrons. The van der Waals surface area contributed by atoms with Gasteiger partial charge in [0, 0.05) is 25.4 Å². The molecule has 0 spiro atoms. The number of sulfone groups is 1. The molecule has 2 aliphatic rings. The van der Waals surface area contributed by atoms with Crippen molar-refractivity contribution in [3.63, 3.8) is 0 Å². The van der Waals surface area contributed by atoms with Gasteiger partial charge in [-0.1, -0.05) is 0 Å². The van der Waals surface area contributed by atoms with Crippen LogP contribution in [0.2, 0.25) is 0 Å². The fraction of sp³-hybridized carbons (Fsp3) is 0.571. The van der Waals surface area contributed by atoms with Gasteiger partial charge in [0.25, 0.3) is 0 Å². The summed E-state index contributed by atoms with van der Waals surface area (Å²) in [5.74, 6) is 0.953. The summed E-state index contributed by atoms with van der Waals surface area (Å²) in [7, 11) is -6.79. The molecule has 1 fully saturated rings. The zero-order chi connectivity index (χ0) is 16.7. The van der Waals surface area contributed by atoms with Crippen LogP contribution in [0.1, 0.15) is 12.8 Å². The highest BCUT2D eigenvalue weighted by Crippen LogP contribution is 2.33. The fourth-order valence-electron chi connectivity index (χ4n) is 2.83. The van der Waals surface area contributed by atoms with Gasteiger partial charge in [-0.3, -0.25) is 0 Å². The Bertz CT molecular complexity index is 795. The molecule has 1 aromatic carbocycles. The highest BCUT2D eigenvalue weighted by atomic mass is 32.2. The highest BCUT2D eigenvalue weighted by Gasteiger charge is 2.33. The molecule has 2 aliphatic heterocycles. The van der Waals surface area contributed by atoms with E-state index in [2.05, 4.69) is 0 Å². The topological polar surface area (TPSA) is 90.0 Å². The Morgan fingerprint density at radius 1 is 1.00 bits per heavy atom. The second-order valence-electron chi connectivity index (χ2n) is 5.74. The van der Waals surface area contributed by atoms with Crippen LogP contribution in [0.4, 0.5) is 0 Å². The molecule has 0 bridgehead atoms. The van der Waals surface area contributed by atoms with E-state index in [0.717, 1.165) is 0 Å². The van der Waals surface area contributed by atoms with Crippen LogP contribution in [-0.4, -0.2) is 58.9 Å². The summed E-state index contributed by atoms with van der Waals surface area (Å²) in [5, 5.41) is -0.464. The van der Waals surface area contributed by atoms with Gasteiger partial charge in [-0.05, 0) is 25.0 Å². The van der Waals surface area contributed by atoms with Crippen LogP contribution in [0.3, 0.4) is 0 Å². The van der Waals surface area contributed by atoms with E-state index < -0.39 is 25.1 Å². The molecule has 128 valence electrons. The van der Waals surface area contributed by atoms with E-state index in [1.54, 1.807) is 6.07 Å². The number of hydrogen-bond donors (Lipinski definition) is 0. The van der Waals surface area contributed by atoms with Crippen molar-refractivity contribution < 1.29 is 26.3 Å². The van der Waals surface area contributed by atoms with Gasteiger partial charge in [-0.2, -0.15) is 4.31 Å². The number of nitrogens with zero attached hydrogens (tertiary/aromatic N) is 1. The second kappa shape index (κ2) is 5.95. The molecule has 23 heavy (non-hydrogen) atoms. The minimum atomic E-state index is -3.66. The standard InChI is InChI=1S/C14H19NO6S2/c1-22(16,17)11-4-6-15(7-5-11)23(18,19)12-2-3-13-14(10-12)21-9-8-20-13/h2-3,10-11H,4-9H2,1H3. The zero-order valence-corrected chi connectivity index (χ0v) is 14.4. The molecular formula is C14H19NO6S2. The maximum absolute atomic E-state index is 12.7. The zero-order valence-electron chi connectivity index (χ0n) is 12.8. The van der Waals surface area contributed by atoms with E-state index in [4.69, 9.17) is 9.47 Å². The lowest BCUT2D eigenvalue weighted by Gasteiger charge is -2.30. The molecule has 0 atom stereocenters. The van der Waals surface area contributed by atoms with Crippen molar-refractivity contribution in [3.8, 4) is 11.5 Å². The number of fused-ring (bicyclic) bond motifs is 1. The molecule has 0 amide bonds. The Labute approximate surface area is 136 Å². The monoisotopic (exact) mass is 361 g/mol. The molecule has 2 heterocycles. The Kier molecular flexibility index (Phi) is 4.28. The normalized spacial score (nSPS) is 20.4. The fourth-order valence-corrected chi connectivity index (χ4v) is 5.39. The van der Waals surface area contributed by atoms with Crippen molar-refractivity contribution in [3.05, 3.63) is 18.2 Å². The maximum atomic E-state index is 12.7. The lowest BCUT2D eigenvalue weighted by Crippen LogP contribution is -2.42. The Morgan fingerprint density at radius 3 is 2.22 bits per heavy atom. The van der Waals surface area contributed by atoms with E-state index in [1.165, 1.54) is 22.7 Å². The third-order valence-corrected chi connectivity index (χ3v) is 7.73. The summed E-state index contributed by atoms with van der Waals surface area (Å²) in [6, 6.07) is 4.54. The van der Waals surface area contributed by atoms with Gasteiger partial charge < -0.3 is 9.47 Å². The van der Waals surface area contributed by atoms with Crippen molar-refractivity contribution in [2.45, 2.75) is 23.0 Å². The lowest BCUT2D eigenvalue weighted by atomic mass is 10.2. The van der Waals surface area contributed by atoms with Crippen LogP contribution in [-0.2, 0) is 19.9 Å². The largest absolute Gasteiger partial charge is 0.486 e. The number of piperidine rings is 1. The summed E-state index contributed by atoms with van der Waals surface area (Å²) in [6.45, 7) is 1.23. The van der Waals surface area contributed by atoms with E-state index in [0.29, 0.717) is 37.6 Å². The first kappa shape index (κ1) is 16.5. The first-order valence-corrected chi connectivity index (χ1v) is 10.8.